The fourth-order valence-corrected chi connectivity index (χ4v) is 4.33. The summed E-state index contributed by atoms with van der Waals surface area (Å²) in [6.45, 7) is 5.92. The summed E-state index contributed by atoms with van der Waals surface area (Å²) in [4.78, 5) is 33.7. The van der Waals surface area contributed by atoms with Gasteiger partial charge in [0, 0.05) is 25.3 Å². The average Bonchev–Trinajstić information content (AvgIpc) is 3.42. The number of hydrogen-bond acceptors (Lipinski definition) is 5. The van der Waals surface area contributed by atoms with E-state index in [2.05, 4.69) is 24.1 Å². The van der Waals surface area contributed by atoms with Crippen molar-refractivity contribution in [1.29, 1.82) is 0 Å². The van der Waals surface area contributed by atoms with Gasteiger partial charge < -0.3 is 15.0 Å². The van der Waals surface area contributed by atoms with E-state index < -0.39 is 0 Å². The highest BCUT2D eigenvalue weighted by Gasteiger charge is 2.31. The number of nitrogens with zero attached hydrogens (tertiary/aromatic N) is 3. The Balaban J connectivity index is 1.38. The number of anilines is 2. The van der Waals surface area contributed by atoms with Gasteiger partial charge in [0.1, 0.15) is 10.6 Å². The number of rotatable bonds is 7. The van der Waals surface area contributed by atoms with Crippen LogP contribution in [0.3, 0.4) is 0 Å². The first-order chi connectivity index (χ1) is 15.4. The molecule has 4 rings (SSSR count). The minimum Gasteiger partial charge on any atom is -0.497 e. The van der Waals surface area contributed by atoms with Crippen molar-refractivity contribution in [3.8, 4) is 5.75 Å². The normalized spacial score (nSPS) is 13.7. The topological polar surface area (TPSA) is 74.8 Å². The van der Waals surface area contributed by atoms with Gasteiger partial charge in [0.15, 0.2) is 5.13 Å². The monoisotopic (exact) mass is 450 g/mol. The molecule has 0 radical (unpaired) electrons. The van der Waals surface area contributed by atoms with Crippen molar-refractivity contribution in [2.75, 3.05) is 30.4 Å². The van der Waals surface area contributed by atoms with E-state index in [9.17, 15) is 9.59 Å². The number of hydrogen-bond donors (Lipinski definition) is 1. The van der Waals surface area contributed by atoms with Crippen molar-refractivity contribution in [3.63, 3.8) is 0 Å². The van der Waals surface area contributed by atoms with Crippen LogP contribution in [0, 0.1) is 0 Å². The highest BCUT2D eigenvalue weighted by Crippen LogP contribution is 2.28. The Morgan fingerprint density at radius 2 is 1.84 bits per heavy atom. The van der Waals surface area contributed by atoms with Crippen LogP contribution >= 0.6 is 11.3 Å². The molecule has 1 aromatic heterocycles. The highest BCUT2D eigenvalue weighted by molar-refractivity contribution is 7.17. The van der Waals surface area contributed by atoms with Gasteiger partial charge in [-0.1, -0.05) is 49.4 Å². The minimum atomic E-state index is -0.229. The molecule has 2 aromatic carbocycles. The minimum absolute atomic E-state index is 0.105. The molecule has 0 unspecified atom stereocenters. The van der Waals surface area contributed by atoms with Crippen LogP contribution in [0.5, 0.6) is 5.75 Å². The van der Waals surface area contributed by atoms with Crippen molar-refractivity contribution in [2.45, 2.75) is 26.3 Å². The number of methoxy groups -OCH3 is 1. The summed E-state index contributed by atoms with van der Waals surface area (Å²) in [6, 6.07) is 15.4. The van der Waals surface area contributed by atoms with Crippen molar-refractivity contribution in [2.24, 2.45) is 0 Å². The van der Waals surface area contributed by atoms with Gasteiger partial charge in [-0.3, -0.25) is 9.69 Å². The number of aromatic nitrogens is 1. The molecule has 3 amide bonds. The zero-order chi connectivity index (χ0) is 22.7. The maximum atomic E-state index is 12.9. The van der Waals surface area contributed by atoms with E-state index in [1.807, 2.05) is 48.5 Å². The Morgan fingerprint density at radius 1 is 1.12 bits per heavy atom. The van der Waals surface area contributed by atoms with Crippen LogP contribution in [0.25, 0.3) is 0 Å². The lowest BCUT2D eigenvalue weighted by Gasteiger charge is -2.17. The second kappa shape index (κ2) is 9.40. The predicted octanol–water partition coefficient (Wildman–Crippen LogP) is 4.97. The Bertz CT molecular complexity index is 1090. The largest absolute Gasteiger partial charge is 0.497 e. The molecule has 0 spiro atoms. The maximum absolute atomic E-state index is 12.9. The third-order valence-corrected chi connectivity index (χ3v) is 6.43. The number of amides is 3. The van der Waals surface area contributed by atoms with Crippen molar-refractivity contribution >= 4 is 34.1 Å². The molecule has 0 saturated carbocycles. The van der Waals surface area contributed by atoms with E-state index in [0.717, 1.165) is 17.0 Å². The Labute approximate surface area is 191 Å². The first-order valence-electron chi connectivity index (χ1n) is 10.5. The fraction of sp³-hybridized carbons (Fsp3) is 0.292. The molecule has 1 aliphatic heterocycles. The van der Waals surface area contributed by atoms with E-state index in [0.29, 0.717) is 35.6 Å². The van der Waals surface area contributed by atoms with Crippen LogP contribution in [0.4, 0.5) is 15.6 Å². The van der Waals surface area contributed by atoms with Crippen molar-refractivity contribution in [1.82, 2.24) is 9.88 Å². The SMILES string of the molecule is COc1ccc(CN2CCN(c3ncc(C(=O)Nc4ccc(C(C)C)cc4)s3)C2=O)cc1. The second-order valence-electron chi connectivity index (χ2n) is 7.94. The molecule has 8 heteroatoms. The van der Waals surface area contributed by atoms with Crippen LogP contribution in [0.15, 0.2) is 54.7 Å². The van der Waals surface area contributed by atoms with E-state index in [1.165, 1.54) is 23.1 Å². The summed E-state index contributed by atoms with van der Waals surface area (Å²) < 4.78 is 5.18. The van der Waals surface area contributed by atoms with E-state index in [1.54, 1.807) is 16.9 Å². The van der Waals surface area contributed by atoms with Crippen molar-refractivity contribution < 1.29 is 14.3 Å². The molecule has 32 heavy (non-hydrogen) atoms. The second-order valence-corrected chi connectivity index (χ2v) is 8.95. The van der Waals surface area contributed by atoms with Gasteiger partial charge in [-0.2, -0.15) is 0 Å². The number of thiazole rings is 1. The van der Waals surface area contributed by atoms with Gasteiger partial charge in [0.25, 0.3) is 5.91 Å². The van der Waals surface area contributed by atoms with E-state index in [4.69, 9.17) is 4.74 Å². The molecule has 3 aromatic rings. The Morgan fingerprint density at radius 3 is 2.50 bits per heavy atom. The van der Waals surface area contributed by atoms with Gasteiger partial charge in [-0.15, -0.1) is 0 Å². The predicted molar refractivity (Wildman–Crippen MR) is 127 cm³/mol. The number of ether oxygens (including phenoxy) is 1. The summed E-state index contributed by atoms with van der Waals surface area (Å²) in [5, 5.41) is 3.43. The number of carbonyl (C=O) groups is 2. The first-order valence-corrected chi connectivity index (χ1v) is 11.3. The molecular weight excluding hydrogens is 424 g/mol. The van der Waals surface area contributed by atoms with E-state index >= 15 is 0 Å². The van der Waals surface area contributed by atoms with Gasteiger partial charge in [0.05, 0.1) is 13.3 Å². The zero-order valence-corrected chi connectivity index (χ0v) is 19.2. The molecule has 2 heterocycles. The van der Waals surface area contributed by atoms with Crippen LogP contribution in [0.1, 0.15) is 40.6 Å². The molecule has 0 atom stereocenters. The Kier molecular flexibility index (Phi) is 6.41. The molecule has 1 aliphatic rings. The molecule has 1 saturated heterocycles. The molecular formula is C24H26N4O3S. The van der Waals surface area contributed by atoms with Crippen LogP contribution in [0.2, 0.25) is 0 Å². The zero-order valence-electron chi connectivity index (χ0n) is 18.4. The number of carbonyl (C=O) groups excluding carboxylic acids is 2. The van der Waals surface area contributed by atoms with E-state index in [-0.39, 0.29) is 11.9 Å². The first kappa shape index (κ1) is 21.8. The maximum Gasteiger partial charge on any atom is 0.326 e. The standard InChI is InChI=1S/C24H26N4O3S/c1-16(2)18-6-8-19(9-7-18)26-22(29)21-14-25-23(32-21)28-13-12-27(24(28)30)15-17-4-10-20(31-3)11-5-17/h4-11,14,16H,12-13,15H2,1-3H3,(H,26,29). The van der Waals surface area contributed by atoms with Crippen LogP contribution in [-0.2, 0) is 6.54 Å². The number of nitrogens with one attached hydrogen (secondary N) is 1. The van der Waals surface area contributed by atoms with Crippen LogP contribution in [-0.4, -0.2) is 42.0 Å². The van der Waals surface area contributed by atoms with Crippen LogP contribution < -0.4 is 15.0 Å². The third-order valence-electron chi connectivity index (χ3n) is 5.41. The molecule has 0 bridgehead atoms. The molecule has 1 fully saturated rings. The number of benzene rings is 2. The summed E-state index contributed by atoms with van der Waals surface area (Å²) in [5.41, 5.74) is 2.98. The molecule has 1 N–H and O–H groups in total. The van der Waals surface area contributed by atoms with Gasteiger partial charge in [-0.05, 0) is 41.3 Å². The smallest absolute Gasteiger partial charge is 0.326 e. The lowest BCUT2D eigenvalue weighted by molar-refractivity contribution is 0.103. The summed E-state index contributed by atoms with van der Waals surface area (Å²) in [7, 11) is 1.63. The molecule has 7 nitrogen and oxygen atoms in total. The molecule has 0 aliphatic carbocycles. The Hall–Kier alpha value is -3.39. The quantitative estimate of drug-likeness (QED) is 0.552. The van der Waals surface area contributed by atoms with Gasteiger partial charge in [0.2, 0.25) is 0 Å². The third kappa shape index (κ3) is 4.75. The van der Waals surface area contributed by atoms with Gasteiger partial charge in [-0.25, -0.2) is 9.78 Å². The lowest BCUT2D eigenvalue weighted by Crippen LogP contribution is -2.31. The summed E-state index contributed by atoms with van der Waals surface area (Å²) in [5.74, 6) is 0.992. The summed E-state index contributed by atoms with van der Waals surface area (Å²) >= 11 is 1.22. The summed E-state index contributed by atoms with van der Waals surface area (Å²) in [6.07, 6.45) is 1.53. The fourth-order valence-electron chi connectivity index (χ4n) is 3.50. The number of urea groups is 1. The molecule has 166 valence electrons. The lowest BCUT2D eigenvalue weighted by atomic mass is 10.0. The average molecular weight is 451 g/mol. The van der Waals surface area contributed by atoms with Gasteiger partial charge >= 0.3 is 6.03 Å². The highest BCUT2D eigenvalue weighted by atomic mass is 32.1. The van der Waals surface area contributed by atoms with Crippen molar-refractivity contribution in [3.05, 3.63) is 70.7 Å².